The van der Waals surface area contributed by atoms with Crippen LogP contribution in [0.3, 0.4) is 0 Å². The van der Waals surface area contributed by atoms with Gasteiger partial charge in [-0.15, -0.1) is 11.3 Å². The molecule has 1 saturated heterocycles. The number of hydrogen-bond donors (Lipinski definition) is 1. The average molecular weight is 447 g/mol. The molecule has 3 nitrogen and oxygen atoms in total. The molecule has 156 valence electrons. The van der Waals surface area contributed by atoms with Gasteiger partial charge in [-0.25, -0.2) is 4.98 Å². The van der Waals surface area contributed by atoms with E-state index in [1.165, 1.54) is 4.88 Å². The highest BCUT2D eigenvalue weighted by molar-refractivity contribution is 7.15. The van der Waals surface area contributed by atoms with E-state index < -0.39 is 0 Å². The van der Waals surface area contributed by atoms with Crippen LogP contribution < -0.4 is 5.32 Å². The molecule has 2 heterocycles. The first-order chi connectivity index (χ1) is 15.1. The molecule has 5 rings (SSSR count). The molecule has 1 fully saturated rings. The number of rotatable bonds is 4. The molecule has 0 radical (unpaired) electrons. The summed E-state index contributed by atoms with van der Waals surface area (Å²) in [6, 6.07) is 21.8. The van der Waals surface area contributed by atoms with Crippen molar-refractivity contribution in [1.29, 1.82) is 0 Å². The standard InChI is InChI=1S/C26H23ClN2OS/c1-16-25(18-9-11-20(27)12-10-18)31-26(29-16)19-13-14-28-23(15-19)24(30)22-8-4-6-17-5-2-3-7-21(17)22/h2-12,19,23,28H,13-15H2,1H3. The number of nitrogens with one attached hydrogen (secondary N) is 1. The van der Waals surface area contributed by atoms with Crippen LogP contribution >= 0.6 is 22.9 Å². The molecule has 0 bridgehead atoms. The van der Waals surface area contributed by atoms with Crippen LogP contribution in [-0.4, -0.2) is 23.4 Å². The number of fused-ring (bicyclic) bond motifs is 1. The summed E-state index contributed by atoms with van der Waals surface area (Å²) in [5.41, 5.74) is 2.98. The normalized spacial score (nSPS) is 18.9. The van der Waals surface area contributed by atoms with Gasteiger partial charge in [-0.3, -0.25) is 4.79 Å². The molecule has 2 unspecified atom stereocenters. The Kier molecular flexibility index (Phi) is 5.61. The maximum atomic E-state index is 13.4. The largest absolute Gasteiger partial charge is 0.307 e. The van der Waals surface area contributed by atoms with Gasteiger partial charge in [0.25, 0.3) is 0 Å². The van der Waals surface area contributed by atoms with Gasteiger partial charge in [-0.05, 0) is 54.8 Å². The van der Waals surface area contributed by atoms with Crippen LogP contribution in [0, 0.1) is 6.92 Å². The maximum absolute atomic E-state index is 13.4. The molecule has 5 heteroatoms. The van der Waals surface area contributed by atoms with Crippen LogP contribution in [0.5, 0.6) is 0 Å². The Balaban J connectivity index is 1.40. The number of hydrogen-bond acceptors (Lipinski definition) is 4. The van der Waals surface area contributed by atoms with Crippen molar-refractivity contribution >= 4 is 39.5 Å². The van der Waals surface area contributed by atoms with Crippen molar-refractivity contribution in [3.8, 4) is 10.4 Å². The first-order valence-corrected chi connectivity index (χ1v) is 11.8. The van der Waals surface area contributed by atoms with E-state index in [1.807, 2.05) is 54.6 Å². The third kappa shape index (κ3) is 4.03. The highest BCUT2D eigenvalue weighted by atomic mass is 35.5. The molecule has 0 aliphatic carbocycles. The predicted octanol–water partition coefficient (Wildman–Crippen LogP) is 6.64. The van der Waals surface area contributed by atoms with Crippen molar-refractivity contribution < 1.29 is 4.79 Å². The molecule has 31 heavy (non-hydrogen) atoms. The van der Waals surface area contributed by atoms with Gasteiger partial charge in [0.2, 0.25) is 0 Å². The molecule has 3 aromatic carbocycles. The molecular formula is C26H23ClN2OS. The van der Waals surface area contributed by atoms with E-state index in [2.05, 4.69) is 24.4 Å². The highest BCUT2D eigenvalue weighted by Gasteiger charge is 2.31. The van der Waals surface area contributed by atoms with Crippen molar-refractivity contribution in [3.05, 3.63) is 88.0 Å². The molecule has 2 atom stereocenters. The van der Waals surface area contributed by atoms with Crippen molar-refractivity contribution in [3.63, 3.8) is 0 Å². The molecule has 0 spiro atoms. The minimum atomic E-state index is -0.187. The predicted molar refractivity (Wildman–Crippen MR) is 129 cm³/mol. The van der Waals surface area contributed by atoms with Crippen molar-refractivity contribution in [2.75, 3.05) is 6.54 Å². The number of Topliss-reactive ketones (excluding diaryl/α,β-unsaturated/α-hetero) is 1. The number of halogens is 1. The number of ketones is 1. The Hall–Kier alpha value is -2.53. The first kappa shape index (κ1) is 20.4. The van der Waals surface area contributed by atoms with E-state index in [1.54, 1.807) is 11.3 Å². The fourth-order valence-electron chi connectivity index (χ4n) is 4.43. The third-order valence-electron chi connectivity index (χ3n) is 6.04. The molecule has 4 aromatic rings. The molecule has 1 aliphatic rings. The van der Waals surface area contributed by atoms with Crippen LogP contribution in [0.25, 0.3) is 21.2 Å². The summed E-state index contributed by atoms with van der Waals surface area (Å²) in [6.45, 7) is 2.88. The zero-order chi connectivity index (χ0) is 21.4. The lowest BCUT2D eigenvalue weighted by atomic mass is 9.87. The summed E-state index contributed by atoms with van der Waals surface area (Å²) in [6.07, 6.45) is 1.77. The smallest absolute Gasteiger partial charge is 0.180 e. The Morgan fingerprint density at radius 1 is 1.06 bits per heavy atom. The van der Waals surface area contributed by atoms with Crippen LogP contribution in [0.1, 0.15) is 39.8 Å². The van der Waals surface area contributed by atoms with Gasteiger partial charge >= 0.3 is 0 Å². The number of thiazole rings is 1. The molecule has 1 aromatic heterocycles. The lowest BCUT2D eigenvalue weighted by Gasteiger charge is -2.28. The SMILES string of the molecule is Cc1nc(C2CCNC(C(=O)c3cccc4ccccc34)C2)sc1-c1ccc(Cl)cc1. The second-order valence-corrected chi connectivity index (χ2v) is 9.56. The second-order valence-electron chi connectivity index (χ2n) is 8.09. The molecular weight excluding hydrogens is 424 g/mol. The minimum absolute atomic E-state index is 0.174. The van der Waals surface area contributed by atoms with E-state index in [-0.39, 0.29) is 17.7 Å². The second kappa shape index (κ2) is 8.54. The van der Waals surface area contributed by atoms with Crippen molar-refractivity contribution in [1.82, 2.24) is 10.3 Å². The topological polar surface area (TPSA) is 42.0 Å². The Bertz CT molecular complexity index is 1240. The maximum Gasteiger partial charge on any atom is 0.180 e. The van der Waals surface area contributed by atoms with Crippen molar-refractivity contribution in [2.45, 2.75) is 31.7 Å². The molecule has 0 saturated carbocycles. The zero-order valence-corrected chi connectivity index (χ0v) is 18.8. The van der Waals surface area contributed by atoms with Gasteiger partial charge < -0.3 is 5.32 Å². The third-order valence-corrected chi connectivity index (χ3v) is 7.67. The quantitative estimate of drug-likeness (QED) is 0.357. The summed E-state index contributed by atoms with van der Waals surface area (Å²) in [5, 5.41) is 7.44. The number of aromatic nitrogens is 1. The Morgan fingerprint density at radius 3 is 2.68 bits per heavy atom. The van der Waals surface area contributed by atoms with E-state index in [0.29, 0.717) is 0 Å². The summed E-state index contributed by atoms with van der Waals surface area (Å²) >= 11 is 7.79. The molecule has 1 N–H and O–H groups in total. The zero-order valence-electron chi connectivity index (χ0n) is 17.3. The number of aryl methyl sites for hydroxylation is 1. The van der Waals surface area contributed by atoms with E-state index in [4.69, 9.17) is 16.6 Å². The van der Waals surface area contributed by atoms with E-state index in [9.17, 15) is 4.79 Å². The van der Waals surface area contributed by atoms with E-state index >= 15 is 0 Å². The number of carbonyl (C=O) groups excluding carboxylic acids is 1. The van der Waals surface area contributed by atoms with E-state index in [0.717, 1.165) is 57.0 Å². The van der Waals surface area contributed by atoms with Gasteiger partial charge in [-0.1, -0.05) is 66.2 Å². The monoisotopic (exact) mass is 446 g/mol. The van der Waals surface area contributed by atoms with Crippen LogP contribution in [0.2, 0.25) is 5.02 Å². The number of piperidine rings is 1. The Morgan fingerprint density at radius 2 is 1.84 bits per heavy atom. The summed E-state index contributed by atoms with van der Waals surface area (Å²) in [7, 11) is 0. The fraction of sp³-hybridized carbons (Fsp3) is 0.231. The van der Waals surface area contributed by atoms with Crippen LogP contribution in [0.15, 0.2) is 66.7 Å². The van der Waals surface area contributed by atoms with Gasteiger partial charge in [0.05, 0.1) is 21.6 Å². The van der Waals surface area contributed by atoms with Gasteiger partial charge in [0, 0.05) is 16.5 Å². The molecule has 1 aliphatic heterocycles. The highest BCUT2D eigenvalue weighted by Crippen LogP contribution is 2.38. The fourth-order valence-corrected chi connectivity index (χ4v) is 5.78. The summed E-state index contributed by atoms with van der Waals surface area (Å²) in [4.78, 5) is 19.5. The number of nitrogens with zero attached hydrogens (tertiary/aromatic N) is 1. The van der Waals surface area contributed by atoms with Gasteiger partial charge in [0.15, 0.2) is 5.78 Å². The lowest BCUT2D eigenvalue weighted by Crippen LogP contribution is -2.43. The van der Waals surface area contributed by atoms with Crippen molar-refractivity contribution in [2.24, 2.45) is 0 Å². The lowest BCUT2D eigenvalue weighted by molar-refractivity contribution is 0.0922. The Labute approximate surface area is 191 Å². The minimum Gasteiger partial charge on any atom is -0.307 e. The molecule has 0 amide bonds. The van der Waals surface area contributed by atoms with Gasteiger partial charge in [-0.2, -0.15) is 0 Å². The van der Waals surface area contributed by atoms with Crippen LogP contribution in [-0.2, 0) is 0 Å². The average Bonchev–Trinajstić information content (AvgIpc) is 3.20. The number of benzene rings is 3. The van der Waals surface area contributed by atoms with Crippen LogP contribution in [0.4, 0.5) is 0 Å². The first-order valence-electron chi connectivity index (χ1n) is 10.6. The summed E-state index contributed by atoms with van der Waals surface area (Å²) < 4.78 is 0. The summed E-state index contributed by atoms with van der Waals surface area (Å²) in [5.74, 6) is 0.461. The number of carbonyl (C=O) groups is 1. The van der Waals surface area contributed by atoms with Gasteiger partial charge in [0.1, 0.15) is 0 Å².